The number of aromatic amines is 1. The average molecular weight is 530 g/mol. The van der Waals surface area contributed by atoms with Gasteiger partial charge in [0.15, 0.2) is 0 Å². The minimum absolute atomic E-state index is 0.141. The van der Waals surface area contributed by atoms with Crippen molar-refractivity contribution in [3.63, 3.8) is 0 Å². The van der Waals surface area contributed by atoms with E-state index in [0.29, 0.717) is 23.4 Å². The summed E-state index contributed by atoms with van der Waals surface area (Å²) in [6.07, 6.45) is 1.75. The Kier molecular flexibility index (Phi) is 7.40. The summed E-state index contributed by atoms with van der Waals surface area (Å²) in [4.78, 5) is 34.9. The summed E-state index contributed by atoms with van der Waals surface area (Å²) >= 11 is 0. The van der Waals surface area contributed by atoms with E-state index in [1.165, 1.54) is 0 Å². The molecule has 3 heterocycles. The second-order valence-corrected chi connectivity index (χ2v) is 11.9. The van der Waals surface area contributed by atoms with Crippen LogP contribution in [0.4, 0.5) is 0 Å². The lowest BCUT2D eigenvalue weighted by Gasteiger charge is -2.35. The maximum Gasteiger partial charge on any atom is 0.342 e. The van der Waals surface area contributed by atoms with Gasteiger partial charge in [0.1, 0.15) is 0 Å². The maximum atomic E-state index is 14.0. The van der Waals surface area contributed by atoms with Crippen LogP contribution in [-0.4, -0.2) is 64.6 Å². The van der Waals surface area contributed by atoms with Crippen LogP contribution in [0.3, 0.4) is 0 Å². The lowest BCUT2D eigenvalue weighted by molar-refractivity contribution is -0.140. The van der Waals surface area contributed by atoms with E-state index in [0.717, 1.165) is 41.7 Å². The van der Waals surface area contributed by atoms with E-state index in [2.05, 4.69) is 49.7 Å². The second-order valence-electron chi connectivity index (χ2n) is 11.9. The van der Waals surface area contributed by atoms with E-state index >= 15 is 0 Å². The number of morpholine rings is 1. The quantitative estimate of drug-likeness (QED) is 0.442. The van der Waals surface area contributed by atoms with Crippen molar-refractivity contribution in [1.82, 2.24) is 14.8 Å². The number of amides is 1. The molecule has 0 bridgehead atoms. The predicted octanol–water partition coefficient (Wildman–Crippen LogP) is 5.50. The monoisotopic (exact) mass is 529 g/mol. The highest BCUT2D eigenvalue weighted by atomic mass is 16.5. The normalized spacial score (nSPS) is 21.4. The number of rotatable bonds is 5. The van der Waals surface area contributed by atoms with E-state index in [-0.39, 0.29) is 24.2 Å². The first kappa shape index (κ1) is 27.2. The standard InChI is InChI=1S/C32H39N3O4/c1-20(2)38-31(37)26-18-35(19-32(5,6)28-25-12-7-8-13-27(25)33-29(26)28)30(36)24-11-9-10-23(14-24)17-34-15-21(3)39-22(4)16-34/h7-14,18,20-22,33H,15-17,19H2,1-6H3/t21-,22-/m1/s1. The highest BCUT2D eigenvalue weighted by Crippen LogP contribution is 2.40. The number of nitrogens with one attached hydrogen (secondary N) is 1. The first-order valence-corrected chi connectivity index (χ1v) is 13.8. The molecular weight excluding hydrogens is 490 g/mol. The number of aromatic nitrogens is 1. The third kappa shape index (κ3) is 5.65. The van der Waals surface area contributed by atoms with Crippen LogP contribution in [0.1, 0.15) is 68.7 Å². The topological polar surface area (TPSA) is 74.9 Å². The molecule has 1 N–H and O–H groups in total. The Balaban J connectivity index is 1.50. The van der Waals surface area contributed by atoms with Crippen molar-refractivity contribution in [3.05, 3.63) is 77.1 Å². The number of hydrogen-bond acceptors (Lipinski definition) is 5. The smallest absolute Gasteiger partial charge is 0.342 e. The first-order valence-electron chi connectivity index (χ1n) is 13.8. The number of carbonyl (C=O) groups excluding carboxylic acids is 2. The van der Waals surface area contributed by atoms with Gasteiger partial charge >= 0.3 is 5.97 Å². The number of carbonyl (C=O) groups is 2. The number of benzene rings is 2. The molecule has 2 aliphatic rings. The molecule has 0 unspecified atom stereocenters. The van der Waals surface area contributed by atoms with Crippen LogP contribution in [0.25, 0.3) is 16.5 Å². The van der Waals surface area contributed by atoms with Gasteiger partial charge in [-0.15, -0.1) is 0 Å². The Morgan fingerprint density at radius 2 is 1.79 bits per heavy atom. The van der Waals surface area contributed by atoms with Crippen molar-refractivity contribution >= 4 is 28.4 Å². The molecule has 0 spiro atoms. The molecule has 1 saturated heterocycles. The number of nitrogens with zero attached hydrogens (tertiary/aromatic N) is 2. The van der Waals surface area contributed by atoms with E-state index in [4.69, 9.17) is 9.47 Å². The number of H-pyrrole nitrogens is 1. The molecule has 1 fully saturated rings. The zero-order valence-corrected chi connectivity index (χ0v) is 23.8. The molecule has 206 valence electrons. The second kappa shape index (κ2) is 10.6. The van der Waals surface area contributed by atoms with Gasteiger partial charge in [-0.3, -0.25) is 9.69 Å². The van der Waals surface area contributed by atoms with Crippen LogP contribution in [0.2, 0.25) is 0 Å². The molecular formula is C32H39N3O4. The van der Waals surface area contributed by atoms with Crippen LogP contribution >= 0.6 is 0 Å². The van der Waals surface area contributed by atoms with Crippen LogP contribution in [0, 0.1) is 0 Å². The Hall–Kier alpha value is -3.42. The summed E-state index contributed by atoms with van der Waals surface area (Å²) in [5.74, 6) is -0.587. The molecule has 0 radical (unpaired) electrons. The predicted molar refractivity (Wildman–Crippen MR) is 153 cm³/mol. The first-order chi connectivity index (χ1) is 18.5. The van der Waals surface area contributed by atoms with Gasteiger partial charge in [-0.05, 0) is 57.0 Å². The minimum Gasteiger partial charge on any atom is -0.459 e. The van der Waals surface area contributed by atoms with Crippen LogP contribution in [0.15, 0.2) is 54.7 Å². The van der Waals surface area contributed by atoms with Gasteiger partial charge in [0.2, 0.25) is 0 Å². The summed E-state index contributed by atoms with van der Waals surface area (Å²) in [5, 5.41) is 1.05. The molecule has 2 aliphatic heterocycles. The van der Waals surface area contributed by atoms with Gasteiger partial charge in [0.05, 0.1) is 29.6 Å². The molecule has 7 heteroatoms. The number of ether oxygens (including phenoxy) is 2. The van der Waals surface area contributed by atoms with Gasteiger partial charge in [-0.1, -0.05) is 44.2 Å². The Morgan fingerprint density at radius 1 is 1.08 bits per heavy atom. The van der Waals surface area contributed by atoms with E-state index < -0.39 is 11.4 Å². The number of para-hydroxylation sites is 1. The van der Waals surface area contributed by atoms with Gasteiger partial charge in [-0.2, -0.15) is 0 Å². The molecule has 1 aromatic heterocycles. The zero-order chi connectivity index (χ0) is 27.9. The van der Waals surface area contributed by atoms with Gasteiger partial charge in [0.25, 0.3) is 5.91 Å². The summed E-state index contributed by atoms with van der Waals surface area (Å²) in [7, 11) is 0. The van der Waals surface area contributed by atoms with E-state index in [1.807, 2.05) is 50.2 Å². The van der Waals surface area contributed by atoms with E-state index in [9.17, 15) is 9.59 Å². The van der Waals surface area contributed by atoms with Crippen molar-refractivity contribution in [2.45, 2.75) is 71.8 Å². The van der Waals surface area contributed by atoms with Crippen molar-refractivity contribution in [1.29, 1.82) is 0 Å². The Bertz CT molecular complexity index is 1410. The van der Waals surface area contributed by atoms with Crippen molar-refractivity contribution in [3.8, 4) is 0 Å². The van der Waals surface area contributed by atoms with Crippen molar-refractivity contribution < 1.29 is 19.1 Å². The highest BCUT2D eigenvalue weighted by Gasteiger charge is 2.37. The number of fused-ring (bicyclic) bond motifs is 3. The fraction of sp³-hybridized carbons (Fsp3) is 0.438. The van der Waals surface area contributed by atoms with E-state index in [1.54, 1.807) is 11.1 Å². The summed E-state index contributed by atoms with van der Waals surface area (Å²) in [6.45, 7) is 15.0. The van der Waals surface area contributed by atoms with Gasteiger partial charge in [0, 0.05) is 54.3 Å². The molecule has 2 aromatic carbocycles. The fourth-order valence-electron chi connectivity index (χ4n) is 6.02. The Labute approximate surface area is 230 Å². The molecule has 1 amide bonds. The van der Waals surface area contributed by atoms with Crippen LogP contribution in [-0.2, 0) is 26.2 Å². The summed E-state index contributed by atoms with van der Waals surface area (Å²) in [6, 6.07) is 15.9. The molecule has 39 heavy (non-hydrogen) atoms. The molecule has 0 aliphatic carbocycles. The average Bonchev–Trinajstić information content (AvgIpc) is 3.20. The van der Waals surface area contributed by atoms with Crippen LogP contribution < -0.4 is 0 Å². The third-order valence-corrected chi connectivity index (χ3v) is 7.40. The number of esters is 1. The van der Waals surface area contributed by atoms with Gasteiger partial charge in [-0.25, -0.2) is 4.79 Å². The molecule has 5 rings (SSSR count). The SMILES string of the molecule is CC(C)OC(=O)C1=CN(C(=O)c2cccc(CN3C[C@@H](C)O[C@H](C)C3)c2)CC(C)(C)c2c1[nH]c1ccccc21. The minimum atomic E-state index is -0.447. The highest BCUT2D eigenvalue weighted by molar-refractivity contribution is 6.18. The summed E-state index contributed by atoms with van der Waals surface area (Å²) < 4.78 is 11.5. The van der Waals surface area contributed by atoms with Crippen molar-refractivity contribution in [2.75, 3.05) is 19.6 Å². The maximum absolute atomic E-state index is 14.0. The Morgan fingerprint density at radius 3 is 2.51 bits per heavy atom. The molecule has 3 aromatic rings. The summed E-state index contributed by atoms with van der Waals surface area (Å²) in [5.41, 5.74) is 4.30. The zero-order valence-electron chi connectivity index (χ0n) is 23.8. The molecule has 2 atom stereocenters. The van der Waals surface area contributed by atoms with Crippen molar-refractivity contribution in [2.24, 2.45) is 0 Å². The van der Waals surface area contributed by atoms with Gasteiger partial charge < -0.3 is 19.4 Å². The third-order valence-electron chi connectivity index (χ3n) is 7.40. The fourth-order valence-corrected chi connectivity index (χ4v) is 6.02. The van der Waals surface area contributed by atoms with Crippen LogP contribution in [0.5, 0.6) is 0 Å². The number of hydrogen-bond donors (Lipinski definition) is 1. The largest absolute Gasteiger partial charge is 0.459 e. The molecule has 0 saturated carbocycles. The molecule has 7 nitrogen and oxygen atoms in total. The lowest BCUT2D eigenvalue weighted by atomic mass is 9.81. The lowest BCUT2D eigenvalue weighted by Crippen LogP contribution is -2.44.